The molecular weight excluding hydrogens is 396 g/mol. The number of hydrogen-bond acceptors (Lipinski definition) is 0. The minimum Gasteiger partial charge on any atom is -0.0654 e. The average Bonchev–Trinajstić information content (AvgIpc) is 2.82. The second-order valence-electron chi connectivity index (χ2n) is 11.2. The fourth-order valence-corrected chi connectivity index (χ4v) is 5.45. The van der Waals surface area contributed by atoms with Gasteiger partial charge in [-0.15, -0.1) is 0 Å². The molecule has 0 aliphatic heterocycles. The van der Waals surface area contributed by atoms with E-state index in [0.717, 1.165) is 12.3 Å². The van der Waals surface area contributed by atoms with Crippen molar-refractivity contribution in [3.63, 3.8) is 0 Å². The normalized spacial score (nSPS) is 12.5. The second kappa shape index (κ2) is 30.0. The molecule has 0 heteroatoms. The van der Waals surface area contributed by atoms with Crippen LogP contribution in [-0.4, -0.2) is 0 Å². The van der Waals surface area contributed by atoms with Gasteiger partial charge in [-0.25, -0.2) is 0 Å². The first-order valence-corrected chi connectivity index (χ1v) is 16.1. The first-order valence-electron chi connectivity index (χ1n) is 16.1. The standard InChI is InChI=1S/C33H67/c1-4-7-9-11-13-15-16-17-18-19-20-21-23-25-27-29-32-33(30-6-3)31-28-26-24-22-14-12-10-8-5-2/h33H,3-32H2,1-2H3. The molecule has 0 aromatic heterocycles. The SMILES string of the molecule is [CH2]CCC(CCCCCCCCCCC)CCCCCCCCCCCCCCCCCC. The third-order valence-electron chi connectivity index (χ3n) is 7.79. The lowest BCUT2D eigenvalue weighted by Crippen LogP contribution is -2.00. The topological polar surface area (TPSA) is 0 Å². The van der Waals surface area contributed by atoms with Crippen molar-refractivity contribution in [3.8, 4) is 0 Å². The van der Waals surface area contributed by atoms with Gasteiger partial charge in [0.1, 0.15) is 0 Å². The van der Waals surface area contributed by atoms with Crippen LogP contribution in [-0.2, 0) is 0 Å². The first-order chi connectivity index (χ1) is 16.3. The largest absolute Gasteiger partial charge is 0.0654 e. The number of hydrogen-bond donors (Lipinski definition) is 0. The average molecular weight is 464 g/mol. The van der Waals surface area contributed by atoms with Crippen molar-refractivity contribution in [1.82, 2.24) is 0 Å². The van der Waals surface area contributed by atoms with Gasteiger partial charge in [0.2, 0.25) is 0 Å². The Balaban J connectivity index is 3.35. The van der Waals surface area contributed by atoms with Crippen LogP contribution in [0.1, 0.15) is 200 Å². The van der Waals surface area contributed by atoms with E-state index in [9.17, 15) is 0 Å². The summed E-state index contributed by atoms with van der Waals surface area (Å²) in [5, 5.41) is 0. The molecule has 0 heterocycles. The Morgan fingerprint density at radius 3 is 0.818 bits per heavy atom. The summed E-state index contributed by atoms with van der Waals surface area (Å²) < 4.78 is 0. The molecule has 0 aliphatic rings. The highest BCUT2D eigenvalue weighted by Crippen LogP contribution is 2.23. The Morgan fingerprint density at radius 2 is 0.576 bits per heavy atom. The fraction of sp³-hybridized carbons (Fsp3) is 0.970. The predicted octanol–water partition coefficient (Wildman–Crippen LogP) is 12.8. The van der Waals surface area contributed by atoms with Crippen LogP contribution in [0.2, 0.25) is 0 Å². The lowest BCUT2D eigenvalue weighted by Gasteiger charge is -2.16. The van der Waals surface area contributed by atoms with Crippen molar-refractivity contribution in [2.24, 2.45) is 5.92 Å². The van der Waals surface area contributed by atoms with E-state index >= 15 is 0 Å². The van der Waals surface area contributed by atoms with Gasteiger partial charge in [-0.05, 0) is 5.92 Å². The van der Waals surface area contributed by atoms with Gasteiger partial charge in [-0.2, -0.15) is 0 Å². The molecule has 1 atom stereocenters. The molecule has 0 nitrogen and oxygen atoms in total. The van der Waals surface area contributed by atoms with Gasteiger partial charge in [0.05, 0.1) is 0 Å². The van der Waals surface area contributed by atoms with Crippen LogP contribution in [0.15, 0.2) is 0 Å². The number of rotatable bonds is 29. The molecule has 0 spiro atoms. The van der Waals surface area contributed by atoms with Gasteiger partial charge in [0, 0.05) is 0 Å². The molecule has 0 aromatic carbocycles. The van der Waals surface area contributed by atoms with Crippen LogP contribution in [0, 0.1) is 12.8 Å². The maximum absolute atomic E-state index is 4.14. The molecule has 0 amide bonds. The summed E-state index contributed by atoms with van der Waals surface area (Å²) in [5.41, 5.74) is 0. The Bertz CT molecular complexity index is 320. The van der Waals surface area contributed by atoms with Crippen molar-refractivity contribution < 1.29 is 0 Å². The van der Waals surface area contributed by atoms with Crippen molar-refractivity contribution in [2.75, 3.05) is 0 Å². The third kappa shape index (κ3) is 28.1. The molecule has 0 aliphatic carbocycles. The molecule has 1 unspecified atom stereocenters. The second-order valence-corrected chi connectivity index (χ2v) is 11.2. The van der Waals surface area contributed by atoms with Gasteiger partial charge < -0.3 is 0 Å². The van der Waals surface area contributed by atoms with E-state index in [2.05, 4.69) is 20.8 Å². The highest BCUT2D eigenvalue weighted by molar-refractivity contribution is 4.62. The van der Waals surface area contributed by atoms with E-state index in [0.29, 0.717) is 0 Å². The van der Waals surface area contributed by atoms with Gasteiger partial charge in [-0.1, -0.05) is 207 Å². The summed E-state index contributed by atoms with van der Waals surface area (Å²) in [5.74, 6) is 0.971. The zero-order valence-electron chi connectivity index (χ0n) is 23.8. The molecule has 0 saturated heterocycles. The van der Waals surface area contributed by atoms with E-state index in [1.54, 1.807) is 0 Å². The Hall–Kier alpha value is 0. The summed E-state index contributed by atoms with van der Waals surface area (Å²) in [7, 11) is 0. The summed E-state index contributed by atoms with van der Waals surface area (Å²) in [4.78, 5) is 0. The van der Waals surface area contributed by atoms with Gasteiger partial charge in [0.25, 0.3) is 0 Å². The zero-order valence-corrected chi connectivity index (χ0v) is 23.8. The molecule has 199 valence electrons. The van der Waals surface area contributed by atoms with Crippen molar-refractivity contribution in [2.45, 2.75) is 200 Å². The lowest BCUT2D eigenvalue weighted by atomic mass is 9.90. The first kappa shape index (κ1) is 33.0. The highest BCUT2D eigenvalue weighted by Gasteiger charge is 2.07. The molecule has 33 heavy (non-hydrogen) atoms. The monoisotopic (exact) mass is 464 g/mol. The summed E-state index contributed by atoms with van der Waals surface area (Å²) in [6, 6.07) is 0. The van der Waals surface area contributed by atoms with Gasteiger partial charge >= 0.3 is 0 Å². The van der Waals surface area contributed by atoms with E-state index in [4.69, 9.17) is 0 Å². The molecule has 0 bridgehead atoms. The van der Waals surface area contributed by atoms with E-state index in [-0.39, 0.29) is 0 Å². The van der Waals surface area contributed by atoms with Crippen LogP contribution in [0.25, 0.3) is 0 Å². The Kier molecular flexibility index (Phi) is 30.0. The van der Waals surface area contributed by atoms with Crippen LogP contribution in [0.3, 0.4) is 0 Å². The molecule has 0 fully saturated rings. The molecular formula is C33H67. The van der Waals surface area contributed by atoms with Gasteiger partial charge in [0.15, 0.2) is 0 Å². The van der Waals surface area contributed by atoms with E-state index < -0.39 is 0 Å². The molecule has 1 radical (unpaired) electrons. The predicted molar refractivity (Wildman–Crippen MR) is 154 cm³/mol. The fourth-order valence-electron chi connectivity index (χ4n) is 5.45. The van der Waals surface area contributed by atoms with Crippen LogP contribution in [0.4, 0.5) is 0 Å². The van der Waals surface area contributed by atoms with Gasteiger partial charge in [-0.3, -0.25) is 0 Å². The smallest absolute Gasteiger partial charge is 0.0414 e. The van der Waals surface area contributed by atoms with Crippen molar-refractivity contribution in [1.29, 1.82) is 0 Å². The molecule has 0 saturated carbocycles. The molecule has 0 N–H and O–H groups in total. The molecule has 0 aromatic rings. The summed E-state index contributed by atoms with van der Waals surface area (Å²) >= 11 is 0. The summed E-state index contributed by atoms with van der Waals surface area (Å²) in [6.45, 7) is 8.76. The summed E-state index contributed by atoms with van der Waals surface area (Å²) in [6.07, 6.45) is 42.1. The highest BCUT2D eigenvalue weighted by atomic mass is 14.1. The van der Waals surface area contributed by atoms with Crippen molar-refractivity contribution in [3.05, 3.63) is 6.92 Å². The third-order valence-corrected chi connectivity index (χ3v) is 7.79. The van der Waals surface area contributed by atoms with Crippen molar-refractivity contribution >= 4 is 0 Å². The number of unbranched alkanes of at least 4 members (excludes halogenated alkanes) is 23. The van der Waals surface area contributed by atoms with E-state index in [1.165, 1.54) is 180 Å². The molecule has 0 rings (SSSR count). The lowest BCUT2D eigenvalue weighted by molar-refractivity contribution is 0.381. The van der Waals surface area contributed by atoms with Crippen LogP contribution >= 0.6 is 0 Å². The minimum atomic E-state index is 0.971. The minimum absolute atomic E-state index is 0.971. The van der Waals surface area contributed by atoms with Crippen LogP contribution < -0.4 is 0 Å². The maximum Gasteiger partial charge on any atom is -0.0414 e. The maximum atomic E-state index is 4.14. The zero-order chi connectivity index (χ0) is 24.1. The van der Waals surface area contributed by atoms with E-state index in [1.807, 2.05) is 0 Å². The Morgan fingerprint density at radius 1 is 0.333 bits per heavy atom. The Labute approximate surface area is 212 Å². The van der Waals surface area contributed by atoms with Crippen LogP contribution in [0.5, 0.6) is 0 Å². The quantitative estimate of drug-likeness (QED) is 0.0967.